The zero-order valence-electron chi connectivity index (χ0n) is 12.2. The molecule has 1 N–H and O–H groups in total. The number of ether oxygens (including phenoxy) is 2. The molecule has 0 atom stereocenters. The van der Waals surface area contributed by atoms with Gasteiger partial charge in [-0.2, -0.15) is 0 Å². The summed E-state index contributed by atoms with van der Waals surface area (Å²) in [6, 6.07) is 4.08. The molecule has 0 aliphatic carbocycles. The molecule has 0 amide bonds. The molecule has 0 aliphatic rings. The first-order chi connectivity index (χ1) is 9.33. The van der Waals surface area contributed by atoms with Gasteiger partial charge in [0, 0.05) is 52.2 Å². The van der Waals surface area contributed by atoms with Gasteiger partial charge in [-0.3, -0.25) is 0 Å². The number of hydrogen-bond acceptors (Lipinski definition) is 5. The van der Waals surface area contributed by atoms with Gasteiger partial charge in [0.1, 0.15) is 5.82 Å². The van der Waals surface area contributed by atoms with Gasteiger partial charge in [0.25, 0.3) is 0 Å². The van der Waals surface area contributed by atoms with Crippen LogP contribution in [0.15, 0.2) is 18.3 Å². The van der Waals surface area contributed by atoms with Crippen LogP contribution in [-0.4, -0.2) is 52.6 Å². The summed E-state index contributed by atoms with van der Waals surface area (Å²) in [5.41, 5.74) is 1.21. The maximum Gasteiger partial charge on any atom is 0.133 e. The summed E-state index contributed by atoms with van der Waals surface area (Å²) in [4.78, 5) is 6.78. The van der Waals surface area contributed by atoms with E-state index in [1.165, 1.54) is 5.56 Å². The van der Waals surface area contributed by atoms with Crippen LogP contribution in [0.3, 0.4) is 0 Å². The van der Waals surface area contributed by atoms with Crippen molar-refractivity contribution >= 4 is 5.82 Å². The highest BCUT2D eigenvalue weighted by Crippen LogP contribution is 2.17. The van der Waals surface area contributed by atoms with Gasteiger partial charge in [0.2, 0.25) is 0 Å². The van der Waals surface area contributed by atoms with Gasteiger partial charge >= 0.3 is 0 Å². The predicted octanol–water partition coefficient (Wildman–Crippen LogP) is 1.29. The summed E-state index contributed by atoms with van der Waals surface area (Å²) in [5.74, 6) is 1.03. The lowest BCUT2D eigenvalue weighted by Crippen LogP contribution is -2.31. The van der Waals surface area contributed by atoms with Gasteiger partial charge < -0.3 is 19.7 Å². The number of methoxy groups -OCH3 is 2. The molecule has 19 heavy (non-hydrogen) atoms. The monoisotopic (exact) mass is 267 g/mol. The number of nitrogens with zero attached hydrogens (tertiary/aromatic N) is 2. The number of pyridine rings is 1. The van der Waals surface area contributed by atoms with Crippen LogP contribution < -0.4 is 10.2 Å². The Morgan fingerprint density at radius 1 is 1.21 bits per heavy atom. The molecule has 0 saturated carbocycles. The fraction of sp³-hybridized carbons (Fsp3) is 0.643. The van der Waals surface area contributed by atoms with E-state index in [1.807, 2.05) is 19.3 Å². The molecule has 0 aliphatic heterocycles. The van der Waals surface area contributed by atoms with E-state index in [4.69, 9.17) is 9.47 Å². The summed E-state index contributed by atoms with van der Waals surface area (Å²) in [6.45, 7) is 4.04. The first kappa shape index (κ1) is 15.9. The Morgan fingerprint density at radius 2 is 2.00 bits per heavy atom. The number of rotatable bonds is 10. The fourth-order valence-electron chi connectivity index (χ4n) is 1.97. The molecule has 5 heteroatoms. The molecular weight excluding hydrogens is 242 g/mol. The lowest BCUT2D eigenvalue weighted by Gasteiger charge is -2.25. The molecule has 1 aromatic heterocycles. The van der Waals surface area contributed by atoms with Crippen LogP contribution in [0.5, 0.6) is 0 Å². The Bertz CT molecular complexity index is 347. The molecule has 1 aromatic rings. The largest absolute Gasteiger partial charge is 0.385 e. The Labute approximate surface area is 115 Å². The summed E-state index contributed by atoms with van der Waals surface area (Å²) in [6.07, 6.45) is 2.82. The van der Waals surface area contributed by atoms with Crippen molar-refractivity contribution in [1.82, 2.24) is 10.3 Å². The SMILES string of the molecule is CNCc1cccnc1N(CCCOC)CCOC. The van der Waals surface area contributed by atoms with E-state index < -0.39 is 0 Å². The summed E-state index contributed by atoms with van der Waals surface area (Å²) < 4.78 is 10.3. The third-order valence-corrected chi connectivity index (χ3v) is 2.88. The zero-order valence-corrected chi connectivity index (χ0v) is 12.2. The fourth-order valence-corrected chi connectivity index (χ4v) is 1.97. The van der Waals surface area contributed by atoms with E-state index in [2.05, 4.69) is 21.3 Å². The standard InChI is InChI=1S/C14H25N3O2/c1-15-12-13-6-4-7-16-14(13)17(9-11-19-3)8-5-10-18-2/h4,6-7,15H,5,8-12H2,1-3H3. The molecule has 108 valence electrons. The van der Waals surface area contributed by atoms with Crippen LogP contribution in [-0.2, 0) is 16.0 Å². The van der Waals surface area contributed by atoms with Crippen LogP contribution in [0.1, 0.15) is 12.0 Å². The Balaban J connectivity index is 2.76. The summed E-state index contributed by atoms with van der Waals surface area (Å²) in [7, 11) is 5.40. The Kier molecular flexibility index (Phi) is 8.13. The lowest BCUT2D eigenvalue weighted by molar-refractivity contribution is 0.191. The molecule has 0 saturated heterocycles. The van der Waals surface area contributed by atoms with E-state index >= 15 is 0 Å². The number of aromatic nitrogens is 1. The second kappa shape index (κ2) is 9.72. The normalized spacial score (nSPS) is 10.7. The second-order valence-electron chi connectivity index (χ2n) is 4.34. The van der Waals surface area contributed by atoms with Gasteiger partial charge in [0.15, 0.2) is 0 Å². The third kappa shape index (κ3) is 5.55. The van der Waals surface area contributed by atoms with Crippen molar-refractivity contribution in [3.05, 3.63) is 23.9 Å². The maximum atomic E-state index is 5.18. The second-order valence-corrected chi connectivity index (χ2v) is 4.34. The minimum absolute atomic E-state index is 0.697. The average Bonchev–Trinajstić information content (AvgIpc) is 2.44. The molecule has 0 unspecified atom stereocenters. The van der Waals surface area contributed by atoms with E-state index in [0.29, 0.717) is 6.61 Å². The molecule has 1 rings (SSSR count). The van der Waals surface area contributed by atoms with Crippen LogP contribution in [0.2, 0.25) is 0 Å². The number of nitrogens with one attached hydrogen (secondary N) is 1. The van der Waals surface area contributed by atoms with Crippen molar-refractivity contribution in [2.45, 2.75) is 13.0 Å². The summed E-state index contributed by atoms with van der Waals surface area (Å²) >= 11 is 0. The minimum Gasteiger partial charge on any atom is -0.385 e. The maximum absolute atomic E-state index is 5.18. The highest BCUT2D eigenvalue weighted by molar-refractivity contribution is 5.46. The molecule has 0 bridgehead atoms. The van der Waals surface area contributed by atoms with Gasteiger partial charge in [0.05, 0.1) is 6.61 Å². The van der Waals surface area contributed by atoms with Crippen molar-refractivity contribution in [1.29, 1.82) is 0 Å². The molecular formula is C14H25N3O2. The number of anilines is 1. The zero-order chi connectivity index (χ0) is 13.9. The van der Waals surface area contributed by atoms with E-state index in [-0.39, 0.29) is 0 Å². The molecule has 0 spiro atoms. The van der Waals surface area contributed by atoms with Crippen LogP contribution in [0.25, 0.3) is 0 Å². The van der Waals surface area contributed by atoms with E-state index in [1.54, 1.807) is 14.2 Å². The minimum atomic E-state index is 0.697. The highest BCUT2D eigenvalue weighted by Gasteiger charge is 2.11. The number of hydrogen-bond donors (Lipinski definition) is 1. The quantitative estimate of drug-likeness (QED) is 0.647. The van der Waals surface area contributed by atoms with Crippen LogP contribution in [0, 0.1) is 0 Å². The van der Waals surface area contributed by atoms with E-state index in [0.717, 1.165) is 38.5 Å². The van der Waals surface area contributed by atoms with Gasteiger partial charge in [-0.1, -0.05) is 6.07 Å². The predicted molar refractivity (Wildman–Crippen MR) is 77.6 cm³/mol. The van der Waals surface area contributed by atoms with Crippen LogP contribution >= 0.6 is 0 Å². The van der Waals surface area contributed by atoms with Crippen molar-refractivity contribution in [3.8, 4) is 0 Å². The van der Waals surface area contributed by atoms with Gasteiger partial charge in [-0.05, 0) is 19.5 Å². The molecule has 5 nitrogen and oxygen atoms in total. The van der Waals surface area contributed by atoms with E-state index in [9.17, 15) is 0 Å². The molecule has 1 heterocycles. The Hall–Kier alpha value is -1.17. The lowest BCUT2D eigenvalue weighted by atomic mass is 10.2. The average molecular weight is 267 g/mol. The molecule has 0 fully saturated rings. The topological polar surface area (TPSA) is 46.6 Å². The molecule has 0 radical (unpaired) electrons. The van der Waals surface area contributed by atoms with Crippen molar-refractivity contribution in [3.63, 3.8) is 0 Å². The van der Waals surface area contributed by atoms with Gasteiger partial charge in [-0.25, -0.2) is 4.98 Å². The smallest absolute Gasteiger partial charge is 0.133 e. The van der Waals surface area contributed by atoms with Crippen LogP contribution in [0.4, 0.5) is 5.82 Å². The van der Waals surface area contributed by atoms with Gasteiger partial charge in [-0.15, -0.1) is 0 Å². The Morgan fingerprint density at radius 3 is 2.68 bits per heavy atom. The first-order valence-electron chi connectivity index (χ1n) is 6.64. The first-order valence-corrected chi connectivity index (χ1v) is 6.64. The highest BCUT2D eigenvalue weighted by atomic mass is 16.5. The molecule has 0 aromatic carbocycles. The van der Waals surface area contributed by atoms with Crippen molar-refractivity contribution in [2.75, 3.05) is 52.5 Å². The van der Waals surface area contributed by atoms with Crippen molar-refractivity contribution < 1.29 is 9.47 Å². The van der Waals surface area contributed by atoms with Crippen molar-refractivity contribution in [2.24, 2.45) is 0 Å². The third-order valence-electron chi connectivity index (χ3n) is 2.88. The summed E-state index contributed by atoms with van der Waals surface area (Å²) in [5, 5.41) is 3.18.